The van der Waals surface area contributed by atoms with Gasteiger partial charge in [0, 0.05) is 11.6 Å². The third-order valence-electron chi connectivity index (χ3n) is 2.50. The fourth-order valence-electron chi connectivity index (χ4n) is 1.59. The number of carboxylic acid groups (broad SMARTS) is 1. The molecule has 2 aromatic carbocycles. The Bertz CT molecular complexity index is 599. The van der Waals surface area contributed by atoms with Crippen LogP contribution in [-0.2, 0) is 0 Å². The molecule has 0 amide bonds. The van der Waals surface area contributed by atoms with Crippen molar-refractivity contribution in [3.05, 3.63) is 77.2 Å². The maximum absolute atomic E-state index is 10.0. The van der Waals surface area contributed by atoms with Crippen molar-refractivity contribution >= 4 is 17.3 Å². The summed E-state index contributed by atoms with van der Waals surface area (Å²) in [6.45, 7) is 0. The van der Waals surface area contributed by atoms with Gasteiger partial charge in [-0.3, -0.25) is 0 Å². The molecule has 0 radical (unpaired) electrons. The summed E-state index contributed by atoms with van der Waals surface area (Å²) in [7, 11) is 0. The molecule has 1 N–H and O–H groups in total. The molecule has 3 aromatic rings. The first-order valence-corrected chi connectivity index (χ1v) is 6.88. The maximum Gasteiger partial charge on any atom is 0.364 e. The van der Waals surface area contributed by atoms with E-state index >= 15 is 0 Å². The van der Waals surface area contributed by atoms with E-state index in [0.29, 0.717) is 0 Å². The van der Waals surface area contributed by atoms with E-state index in [1.807, 2.05) is 12.1 Å². The first-order chi connectivity index (χ1) is 9.77. The molecule has 0 fully saturated rings. The van der Waals surface area contributed by atoms with E-state index in [1.165, 1.54) is 17.3 Å². The Morgan fingerprint density at radius 1 is 0.900 bits per heavy atom. The molecule has 4 heteroatoms. The molecule has 0 bridgehead atoms. The molecular weight excluding hydrogens is 270 g/mol. The highest BCUT2D eigenvalue weighted by Crippen LogP contribution is 2.17. The first kappa shape index (κ1) is 14.0. The molecule has 3 nitrogen and oxygen atoms in total. The van der Waals surface area contributed by atoms with Crippen LogP contribution in [0.15, 0.2) is 72.2 Å². The molecule has 0 atom stereocenters. The molecule has 0 aliphatic heterocycles. The summed E-state index contributed by atoms with van der Waals surface area (Å²) in [5, 5.41) is 9.99. The van der Waals surface area contributed by atoms with Gasteiger partial charge in [-0.05, 0) is 11.1 Å². The Balaban J connectivity index is 0.000000160. The minimum Gasteiger partial charge on any atom is -0.476 e. The van der Waals surface area contributed by atoms with Gasteiger partial charge in [0.25, 0.3) is 0 Å². The number of nitrogens with zero attached hydrogens (tertiary/aromatic N) is 1. The highest BCUT2D eigenvalue weighted by atomic mass is 32.1. The normalized spacial score (nSPS) is 9.40. The van der Waals surface area contributed by atoms with Crippen LogP contribution in [0.1, 0.15) is 9.80 Å². The molecular formula is C16H13NO2S. The van der Waals surface area contributed by atoms with Crippen molar-refractivity contribution in [1.82, 2.24) is 4.98 Å². The van der Waals surface area contributed by atoms with Gasteiger partial charge in [0.1, 0.15) is 0 Å². The lowest BCUT2D eigenvalue weighted by Gasteiger charge is -1.98. The van der Waals surface area contributed by atoms with Gasteiger partial charge < -0.3 is 5.11 Å². The minimum absolute atomic E-state index is 0.144. The van der Waals surface area contributed by atoms with Crippen molar-refractivity contribution in [2.45, 2.75) is 0 Å². The van der Waals surface area contributed by atoms with E-state index in [2.05, 4.69) is 53.5 Å². The van der Waals surface area contributed by atoms with Crippen LogP contribution in [0, 0.1) is 0 Å². The van der Waals surface area contributed by atoms with Gasteiger partial charge >= 0.3 is 5.97 Å². The third-order valence-corrected chi connectivity index (χ3v) is 3.26. The zero-order chi connectivity index (χ0) is 14.2. The number of carbonyl (C=O) groups is 1. The van der Waals surface area contributed by atoms with Crippen molar-refractivity contribution in [2.75, 3.05) is 0 Å². The lowest BCUT2D eigenvalue weighted by molar-refractivity contribution is 0.0696. The van der Waals surface area contributed by atoms with Crippen LogP contribution in [-0.4, -0.2) is 16.1 Å². The van der Waals surface area contributed by atoms with Gasteiger partial charge in [0.05, 0.1) is 0 Å². The molecule has 0 unspecified atom stereocenters. The van der Waals surface area contributed by atoms with Crippen molar-refractivity contribution in [3.8, 4) is 11.1 Å². The number of aromatic carboxylic acids is 1. The van der Waals surface area contributed by atoms with Gasteiger partial charge in [-0.1, -0.05) is 60.7 Å². The Morgan fingerprint density at radius 3 is 1.70 bits per heavy atom. The number of hydrogen-bond acceptors (Lipinski definition) is 3. The molecule has 0 aliphatic rings. The Hall–Kier alpha value is -2.46. The fourth-order valence-corrected chi connectivity index (χ4v) is 2.06. The van der Waals surface area contributed by atoms with E-state index < -0.39 is 5.97 Å². The maximum atomic E-state index is 10.0. The topological polar surface area (TPSA) is 50.2 Å². The van der Waals surface area contributed by atoms with Crippen molar-refractivity contribution in [2.24, 2.45) is 0 Å². The summed E-state index contributed by atoms with van der Waals surface area (Å²) in [6, 6.07) is 20.8. The molecule has 0 spiro atoms. The summed E-state index contributed by atoms with van der Waals surface area (Å²) in [4.78, 5) is 13.5. The second-order valence-electron chi connectivity index (χ2n) is 3.87. The molecule has 100 valence electrons. The van der Waals surface area contributed by atoms with Gasteiger partial charge in [0.15, 0.2) is 0 Å². The highest BCUT2D eigenvalue weighted by Gasteiger charge is 2.01. The van der Waals surface area contributed by atoms with Crippen LogP contribution in [0.5, 0.6) is 0 Å². The van der Waals surface area contributed by atoms with Gasteiger partial charge in [-0.15, -0.1) is 11.3 Å². The number of carboxylic acids is 1. The van der Waals surface area contributed by atoms with E-state index in [9.17, 15) is 4.79 Å². The van der Waals surface area contributed by atoms with E-state index in [1.54, 1.807) is 5.38 Å². The summed E-state index contributed by atoms with van der Waals surface area (Å²) < 4.78 is 0. The van der Waals surface area contributed by atoms with Crippen LogP contribution in [0.2, 0.25) is 0 Å². The Kier molecular flexibility index (Phi) is 5.03. The van der Waals surface area contributed by atoms with Crippen molar-refractivity contribution in [3.63, 3.8) is 0 Å². The molecule has 0 saturated heterocycles. The van der Waals surface area contributed by atoms with Crippen LogP contribution in [0.25, 0.3) is 11.1 Å². The van der Waals surface area contributed by atoms with Gasteiger partial charge in [-0.25, -0.2) is 9.78 Å². The lowest BCUT2D eigenvalue weighted by atomic mass is 10.1. The van der Waals surface area contributed by atoms with Crippen LogP contribution in [0.4, 0.5) is 0 Å². The van der Waals surface area contributed by atoms with E-state index in [-0.39, 0.29) is 5.01 Å². The minimum atomic E-state index is -0.958. The summed E-state index contributed by atoms with van der Waals surface area (Å²) in [6.07, 6.45) is 1.47. The molecule has 0 saturated carbocycles. The van der Waals surface area contributed by atoms with Gasteiger partial charge in [-0.2, -0.15) is 0 Å². The van der Waals surface area contributed by atoms with Crippen molar-refractivity contribution in [1.29, 1.82) is 0 Å². The second kappa shape index (κ2) is 7.21. The smallest absolute Gasteiger partial charge is 0.364 e. The predicted molar refractivity (Wildman–Crippen MR) is 81.0 cm³/mol. The van der Waals surface area contributed by atoms with Crippen LogP contribution < -0.4 is 0 Å². The summed E-state index contributed by atoms with van der Waals surface area (Å²) in [5.74, 6) is -0.958. The lowest BCUT2D eigenvalue weighted by Crippen LogP contribution is -1.92. The SMILES string of the molecule is O=C(O)c1nccs1.c1ccc(-c2ccccc2)cc1. The second-order valence-corrected chi connectivity index (χ2v) is 4.77. The number of rotatable bonds is 2. The average molecular weight is 283 g/mol. The number of benzene rings is 2. The zero-order valence-corrected chi connectivity index (χ0v) is 11.5. The summed E-state index contributed by atoms with van der Waals surface area (Å²) in [5.41, 5.74) is 2.55. The highest BCUT2D eigenvalue weighted by molar-refractivity contribution is 7.11. The molecule has 20 heavy (non-hydrogen) atoms. The van der Waals surface area contributed by atoms with E-state index in [0.717, 1.165) is 11.3 Å². The monoisotopic (exact) mass is 283 g/mol. The molecule has 1 aromatic heterocycles. The first-order valence-electron chi connectivity index (χ1n) is 6.00. The summed E-state index contributed by atoms with van der Waals surface area (Å²) >= 11 is 1.12. The largest absolute Gasteiger partial charge is 0.476 e. The van der Waals surface area contributed by atoms with Crippen LogP contribution >= 0.6 is 11.3 Å². The van der Waals surface area contributed by atoms with Crippen molar-refractivity contribution < 1.29 is 9.90 Å². The van der Waals surface area contributed by atoms with Gasteiger partial charge in [0.2, 0.25) is 5.01 Å². The average Bonchev–Trinajstić information content (AvgIpc) is 3.04. The Morgan fingerprint density at radius 2 is 1.40 bits per heavy atom. The zero-order valence-electron chi connectivity index (χ0n) is 10.6. The van der Waals surface area contributed by atoms with Crippen LogP contribution in [0.3, 0.4) is 0 Å². The third kappa shape index (κ3) is 4.03. The molecule has 3 rings (SSSR count). The quantitative estimate of drug-likeness (QED) is 0.767. The molecule has 0 aliphatic carbocycles. The Labute approximate surface area is 121 Å². The number of hydrogen-bond donors (Lipinski definition) is 1. The predicted octanol–water partition coefficient (Wildman–Crippen LogP) is 4.19. The standard InChI is InChI=1S/C12H10.C4H3NO2S/c1-3-7-11(8-4-1)12-9-5-2-6-10-12;6-4(7)3-5-1-2-8-3/h1-10H;1-2H,(H,6,7). The molecule has 1 heterocycles. The number of aromatic nitrogens is 1. The van der Waals surface area contributed by atoms with E-state index in [4.69, 9.17) is 5.11 Å². The number of thiazole rings is 1. The fraction of sp³-hybridized carbons (Fsp3) is 0.